The highest BCUT2D eigenvalue weighted by Gasteiger charge is 2.24. The van der Waals surface area contributed by atoms with Crippen molar-refractivity contribution in [1.82, 2.24) is 10.2 Å². The van der Waals surface area contributed by atoms with Crippen molar-refractivity contribution < 1.29 is 9.59 Å². The maximum absolute atomic E-state index is 12.3. The van der Waals surface area contributed by atoms with Crippen LogP contribution in [0.1, 0.15) is 25.0 Å². The Morgan fingerprint density at radius 1 is 1.33 bits per heavy atom. The Hall–Kier alpha value is -1.01. The van der Waals surface area contributed by atoms with E-state index in [-0.39, 0.29) is 36.7 Å². The molecule has 0 radical (unpaired) electrons. The van der Waals surface area contributed by atoms with Gasteiger partial charge in [-0.2, -0.15) is 0 Å². The standard InChI is InChI=1S/C16H21Cl2N3O2.ClH/c1-9(2)15(19)16(23)20-7-13(22)21-6-5-11-10(8-21)3-4-12(17)14(11)18;/h3-4,9,15H,5-8,19H2,1-2H3,(H,20,23);1H/t15-;/m0./s1. The van der Waals surface area contributed by atoms with E-state index in [1.807, 2.05) is 19.9 Å². The number of fused-ring (bicyclic) bond motifs is 1. The third kappa shape index (κ3) is 4.76. The van der Waals surface area contributed by atoms with E-state index in [1.54, 1.807) is 11.0 Å². The number of hydrogen-bond donors (Lipinski definition) is 2. The largest absolute Gasteiger partial charge is 0.346 e. The van der Waals surface area contributed by atoms with Gasteiger partial charge in [0.1, 0.15) is 0 Å². The van der Waals surface area contributed by atoms with Crippen LogP contribution in [0, 0.1) is 5.92 Å². The first-order valence-corrected chi connectivity index (χ1v) is 8.33. The van der Waals surface area contributed by atoms with E-state index in [0.717, 1.165) is 11.1 Å². The normalized spacial score (nSPS) is 14.7. The first kappa shape index (κ1) is 21.0. The van der Waals surface area contributed by atoms with Gasteiger partial charge in [-0.15, -0.1) is 12.4 Å². The number of hydrogen-bond acceptors (Lipinski definition) is 3. The molecule has 0 saturated heterocycles. The van der Waals surface area contributed by atoms with E-state index in [9.17, 15) is 9.59 Å². The molecule has 1 heterocycles. The number of nitrogens with one attached hydrogen (secondary N) is 1. The lowest BCUT2D eigenvalue weighted by atomic mass is 9.99. The van der Waals surface area contributed by atoms with Gasteiger partial charge in [0.25, 0.3) is 0 Å². The molecule has 0 bridgehead atoms. The monoisotopic (exact) mass is 393 g/mol. The van der Waals surface area contributed by atoms with E-state index in [4.69, 9.17) is 28.9 Å². The SMILES string of the molecule is CC(C)[C@H](N)C(=O)NCC(=O)N1CCc2c(ccc(Cl)c2Cl)C1.Cl. The van der Waals surface area contributed by atoms with Crippen LogP contribution in [-0.2, 0) is 22.6 Å². The second kappa shape index (κ2) is 8.90. The number of amides is 2. The highest BCUT2D eigenvalue weighted by molar-refractivity contribution is 6.42. The number of halogens is 3. The summed E-state index contributed by atoms with van der Waals surface area (Å²) in [6.45, 7) is 4.70. The van der Waals surface area contributed by atoms with Crippen molar-refractivity contribution in [3.8, 4) is 0 Å². The van der Waals surface area contributed by atoms with Gasteiger partial charge in [-0.1, -0.05) is 43.1 Å². The molecule has 0 aromatic heterocycles. The minimum atomic E-state index is -0.606. The molecule has 0 aliphatic carbocycles. The zero-order valence-corrected chi connectivity index (χ0v) is 16.0. The van der Waals surface area contributed by atoms with Gasteiger partial charge in [0.15, 0.2) is 0 Å². The molecule has 1 aliphatic heterocycles. The molecule has 2 amide bonds. The van der Waals surface area contributed by atoms with Gasteiger partial charge < -0.3 is 16.0 Å². The molecule has 24 heavy (non-hydrogen) atoms. The minimum Gasteiger partial charge on any atom is -0.346 e. The topological polar surface area (TPSA) is 75.4 Å². The lowest BCUT2D eigenvalue weighted by Gasteiger charge is -2.30. The van der Waals surface area contributed by atoms with E-state index >= 15 is 0 Å². The molecule has 5 nitrogen and oxygen atoms in total. The van der Waals surface area contributed by atoms with Crippen LogP contribution in [0.15, 0.2) is 12.1 Å². The third-order valence-electron chi connectivity index (χ3n) is 4.07. The Morgan fingerprint density at radius 3 is 2.62 bits per heavy atom. The highest BCUT2D eigenvalue weighted by Crippen LogP contribution is 2.32. The van der Waals surface area contributed by atoms with Gasteiger partial charge in [0.05, 0.1) is 22.6 Å². The molecular formula is C16H22Cl3N3O2. The van der Waals surface area contributed by atoms with Crippen LogP contribution in [0.25, 0.3) is 0 Å². The van der Waals surface area contributed by atoms with Crippen LogP contribution in [0.2, 0.25) is 10.0 Å². The van der Waals surface area contributed by atoms with Crippen molar-refractivity contribution in [2.24, 2.45) is 11.7 Å². The summed E-state index contributed by atoms with van der Waals surface area (Å²) in [7, 11) is 0. The summed E-state index contributed by atoms with van der Waals surface area (Å²) >= 11 is 12.2. The van der Waals surface area contributed by atoms with Crippen LogP contribution in [0.3, 0.4) is 0 Å². The van der Waals surface area contributed by atoms with Crippen LogP contribution >= 0.6 is 35.6 Å². The highest BCUT2D eigenvalue weighted by atomic mass is 35.5. The maximum atomic E-state index is 12.3. The van der Waals surface area contributed by atoms with Gasteiger partial charge in [-0.05, 0) is 29.5 Å². The van der Waals surface area contributed by atoms with Gasteiger partial charge in [0, 0.05) is 13.1 Å². The predicted octanol–water partition coefficient (Wildman–Crippen LogP) is 2.40. The fraction of sp³-hybridized carbons (Fsp3) is 0.500. The quantitative estimate of drug-likeness (QED) is 0.823. The molecule has 0 spiro atoms. The third-order valence-corrected chi connectivity index (χ3v) is 4.92. The molecular weight excluding hydrogens is 373 g/mol. The first-order chi connectivity index (χ1) is 10.8. The number of benzene rings is 1. The van der Waals surface area contributed by atoms with Crippen molar-refractivity contribution in [3.05, 3.63) is 33.3 Å². The smallest absolute Gasteiger partial charge is 0.242 e. The summed E-state index contributed by atoms with van der Waals surface area (Å²) < 4.78 is 0. The van der Waals surface area contributed by atoms with Crippen molar-refractivity contribution in [2.75, 3.05) is 13.1 Å². The number of carbonyl (C=O) groups excluding carboxylic acids is 2. The molecule has 134 valence electrons. The lowest BCUT2D eigenvalue weighted by molar-refractivity contribution is -0.134. The van der Waals surface area contributed by atoms with Crippen molar-refractivity contribution in [3.63, 3.8) is 0 Å². The number of carbonyl (C=O) groups is 2. The van der Waals surface area contributed by atoms with E-state index in [0.29, 0.717) is 29.6 Å². The van der Waals surface area contributed by atoms with Crippen LogP contribution in [0.5, 0.6) is 0 Å². The Labute approximate surface area is 158 Å². The van der Waals surface area contributed by atoms with Crippen molar-refractivity contribution in [1.29, 1.82) is 0 Å². The van der Waals surface area contributed by atoms with Gasteiger partial charge in [-0.25, -0.2) is 0 Å². The Balaban J connectivity index is 0.00000288. The lowest BCUT2D eigenvalue weighted by Crippen LogP contribution is -2.48. The van der Waals surface area contributed by atoms with Crippen molar-refractivity contribution in [2.45, 2.75) is 32.9 Å². The first-order valence-electron chi connectivity index (χ1n) is 7.58. The Morgan fingerprint density at radius 2 is 2.00 bits per heavy atom. The summed E-state index contributed by atoms with van der Waals surface area (Å²) in [6.07, 6.45) is 0.653. The molecule has 1 atom stereocenters. The van der Waals surface area contributed by atoms with Gasteiger partial charge in [0.2, 0.25) is 11.8 Å². The Bertz CT molecular complexity index is 623. The van der Waals surface area contributed by atoms with Crippen LogP contribution in [-0.4, -0.2) is 35.8 Å². The van der Waals surface area contributed by atoms with Gasteiger partial charge >= 0.3 is 0 Å². The van der Waals surface area contributed by atoms with Crippen LogP contribution < -0.4 is 11.1 Å². The zero-order valence-electron chi connectivity index (χ0n) is 13.6. The molecule has 0 saturated carbocycles. The number of rotatable bonds is 4. The molecule has 8 heteroatoms. The summed E-state index contributed by atoms with van der Waals surface area (Å²) in [4.78, 5) is 25.8. The molecule has 1 aliphatic rings. The predicted molar refractivity (Wildman–Crippen MR) is 98.7 cm³/mol. The molecule has 0 unspecified atom stereocenters. The molecule has 3 N–H and O–H groups in total. The summed E-state index contributed by atoms with van der Waals surface area (Å²) in [5.74, 6) is -0.412. The summed E-state index contributed by atoms with van der Waals surface area (Å²) in [5.41, 5.74) is 7.74. The van der Waals surface area contributed by atoms with E-state index in [1.165, 1.54) is 0 Å². The summed E-state index contributed by atoms with van der Waals surface area (Å²) in [5, 5.41) is 3.69. The minimum absolute atomic E-state index is 0. The second-order valence-corrected chi connectivity index (χ2v) is 6.84. The van der Waals surface area contributed by atoms with E-state index in [2.05, 4.69) is 5.32 Å². The van der Waals surface area contributed by atoms with Crippen molar-refractivity contribution >= 4 is 47.4 Å². The molecule has 0 fully saturated rings. The zero-order chi connectivity index (χ0) is 17.1. The maximum Gasteiger partial charge on any atom is 0.242 e. The Kier molecular flexibility index (Phi) is 7.80. The number of nitrogens with zero attached hydrogens (tertiary/aromatic N) is 1. The van der Waals surface area contributed by atoms with Crippen LogP contribution in [0.4, 0.5) is 0 Å². The molecule has 2 rings (SSSR count). The second-order valence-electron chi connectivity index (χ2n) is 6.05. The van der Waals surface area contributed by atoms with Gasteiger partial charge in [-0.3, -0.25) is 9.59 Å². The number of nitrogens with two attached hydrogens (primary N) is 1. The molecule has 1 aromatic rings. The van der Waals surface area contributed by atoms with E-state index < -0.39 is 6.04 Å². The molecule has 1 aromatic carbocycles. The average Bonchev–Trinajstić information content (AvgIpc) is 2.54. The average molecular weight is 395 g/mol. The summed E-state index contributed by atoms with van der Waals surface area (Å²) in [6, 6.07) is 3.02. The fourth-order valence-electron chi connectivity index (χ4n) is 2.49. The fourth-order valence-corrected chi connectivity index (χ4v) is 2.95.